The lowest BCUT2D eigenvalue weighted by atomic mass is 10.2. The van der Waals surface area contributed by atoms with Gasteiger partial charge in [0.15, 0.2) is 15.7 Å². The highest BCUT2D eigenvalue weighted by Gasteiger charge is 2.24. The largest absolute Gasteiger partial charge is 0.366 e. The van der Waals surface area contributed by atoms with Crippen molar-refractivity contribution in [3.63, 3.8) is 0 Å². The fourth-order valence-electron chi connectivity index (χ4n) is 2.51. The number of benzene rings is 1. The van der Waals surface area contributed by atoms with Crippen LogP contribution >= 0.6 is 0 Å². The molecule has 5 nitrogen and oxygen atoms in total. The zero-order valence-electron chi connectivity index (χ0n) is 11.6. The average Bonchev–Trinajstić information content (AvgIpc) is 2.47. The van der Waals surface area contributed by atoms with Crippen LogP contribution in [0.4, 0.5) is 5.82 Å². The van der Waals surface area contributed by atoms with Crippen molar-refractivity contribution in [2.24, 2.45) is 0 Å². The highest BCUT2D eigenvalue weighted by atomic mass is 32.2. The monoisotopic (exact) mass is 303 g/mol. The molecule has 0 amide bonds. The van der Waals surface area contributed by atoms with Gasteiger partial charge in [-0.3, -0.25) is 0 Å². The normalized spacial score (nSPS) is 20.9. The molecule has 0 bridgehead atoms. The highest BCUT2D eigenvalue weighted by Crippen LogP contribution is 2.19. The molecule has 1 aliphatic rings. The highest BCUT2D eigenvalue weighted by molar-refractivity contribution is 7.91. The topological polar surface area (TPSA) is 72.0 Å². The Hall–Kier alpha value is -1.95. The van der Waals surface area contributed by atoms with Gasteiger partial charge in [0.05, 0.1) is 11.5 Å². The number of aromatic nitrogens is 2. The van der Waals surface area contributed by atoms with Gasteiger partial charge in [0.1, 0.15) is 5.82 Å². The number of hydrogen-bond acceptors (Lipinski definition) is 5. The first-order chi connectivity index (χ1) is 10.1. The first-order valence-electron chi connectivity index (χ1n) is 6.98. The molecule has 2 aromatic rings. The summed E-state index contributed by atoms with van der Waals surface area (Å²) >= 11 is 0. The summed E-state index contributed by atoms with van der Waals surface area (Å²) in [5.41, 5.74) is 0.942. The van der Waals surface area contributed by atoms with E-state index in [1.54, 1.807) is 12.3 Å². The lowest BCUT2D eigenvalue weighted by Gasteiger charge is -2.23. The van der Waals surface area contributed by atoms with E-state index in [-0.39, 0.29) is 11.8 Å². The summed E-state index contributed by atoms with van der Waals surface area (Å²) in [5, 5.41) is 3.22. The molecular weight excluding hydrogens is 286 g/mol. The van der Waals surface area contributed by atoms with Gasteiger partial charge in [-0.2, -0.15) is 0 Å². The van der Waals surface area contributed by atoms with Gasteiger partial charge >= 0.3 is 0 Å². The third-order valence-electron chi connectivity index (χ3n) is 3.50. The molecule has 1 aromatic carbocycles. The van der Waals surface area contributed by atoms with Crippen molar-refractivity contribution in [2.45, 2.75) is 18.9 Å². The van der Waals surface area contributed by atoms with Crippen LogP contribution in [-0.4, -0.2) is 35.9 Å². The van der Waals surface area contributed by atoms with Crippen molar-refractivity contribution in [3.05, 3.63) is 42.6 Å². The van der Waals surface area contributed by atoms with Gasteiger partial charge in [0.2, 0.25) is 0 Å². The van der Waals surface area contributed by atoms with Crippen LogP contribution in [0, 0.1) is 0 Å². The lowest BCUT2D eigenvalue weighted by Crippen LogP contribution is -2.35. The van der Waals surface area contributed by atoms with Crippen LogP contribution in [0.1, 0.15) is 12.8 Å². The van der Waals surface area contributed by atoms with E-state index in [9.17, 15) is 8.42 Å². The lowest BCUT2D eigenvalue weighted by molar-refractivity contribution is 0.561. The van der Waals surface area contributed by atoms with E-state index in [4.69, 9.17) is 0 Å². The minimum absolute atomic E-state index is 0.0673. The molecule has 0 saturated carbocycles. The van der Waals surface area contributed by atoms with Gasteiger partial charge in [-0.1, -0.05) is 30.3 Å². The van der Waals surface area contributed by atoms with Crippen molar-refractivity contribution in [3.8, 4) is 11.4 Å². The molecule has 0 unspecified atom stereocenters. The maximum Gasteiger partial charge on any atom is 0.161 e. The average molecular weight is 303 g/mol. The quantitative estimate of drug-likeness (QED) is 0.940. The summed E-state index contributed by atoms with van der Waals surface area (Å²) in [7, 11) is -2.92. The molecule has 2 heterocycles. The Morgan fingerprint density at radius 1 is 1.14 bits per heavy atom. The summed E-state index contributed by atoms with van der Waals surface area (Å²) in [6, 6.07) is 11.4. The molecule has 6 heteroatoms. The SMILES string of the molecule is O=S1(=O)CCC[C@H](Nc2ccnc(-c3ccccc3)n2)C1. The minimum Gasteiger partial charge on any atom is -0.366 e. The van der Waals surface area contributed by atoms with E-state index in [2.05, 4.69) is 15.3 Å². The van der Waals surface area contributed by atoms with Gasteiger partial charge in [-0.05, 0) is 18.9 Å². The van der Waals surface area contributed by atoms with Crippen LogP contribution in [0.3, 0.4) is 0 Å². The number of sulfone groups is 1. The van der Waals surface area contributed by atoms with E-state index in [0.717, 1.165) is 12.0 Å². The summed E-state index contributed by atoms with van der Waals surface area (Å²) in [6.07, 6.45) is 3.25. The zero-order valence-corrected chi connectivity index (χ0v) is 12.4. The number of hydrogen-bond donors (Lipinski definition) is 1. The molecule has 110 valence electrons. The second kappa shape index (κ2) is 5.81. The Labute approximate surface area is 124 Å². The summed E-state index contributed by atoms with van der Waals surface area (Å²) in [4.78, 5) is 8.73. The van der Waals surface area contributed by atoms with Gasteiger partial charge in [0.25, 0.3) is 0 Å². The van der Waals surface area contributed by atoms with E-state index in [1.807, 2.05) is 30.3 Å². The Kier molecular flexibility index (Phi) is 3.88. The third-order valence-corrected chi connectivity index (χ3v) is 5.32. The van der Waals surface area contributed by atoms with Crippen molar-refractivity contribution < 1.29 is 8.42 Å². The first kappa shape index (κ1) is 14.0. The molecule has 1 N–H and O–H groups in total. The second-order valence-corrected chi connectivity index (χ2v) is 7.46. The maximum atomic E-state index is 11.7. The standard InChI is InChI=1S/C15H17N3O2S/c19-21(20)10-4-7-13(11-21)17-14-8-9-16-15(18-14)12-5-2-1-3-6-12/h1-3,5-6,8-9,13H,4,7,10-11H2,(H,16,17,18)/t13-/m0/s1. The zero-order chi connectivity index (χ0) is 14.7. The van der Waals surface area contributed by atoms with E-state index < -0.39 is 9.84 Å². The van der Waals surface area contributed by atoms with E-state index in [0.29, 0.717) is 23.8 Å². The summed E-state index contributed by atoms with van der Waals surface area (Å²) in [6.45, 7) is 0. The van der Waals surface area contributed by atoms with Crippen LogP contribution in [0.5, 0.6) is 0 Å². The van der Waals surface area contributed by atoms with Gasteiger partial charge in [0, 0.05) is 17.8 Å². The molecule has 1 saturated heterocycles. The molecular formula is C15H17N3O2S. The van der Waals surface area contributed by atoms with Crippen LogP contribution < -0.4 is 5.32 Å². The second-order valence-electron chi connectivity index (χ2n) is 5.23. The Balaban J connectivity index is 1.78. The first-order valence-corrected chi connectivity index (χ1v) is 8.80. The molecule has 1 aromatic heterocycles. The van der Waals surface area contributed by atoms with Crippen LogP contribution in [0.15, 0.2) is 42.6 Å². The molecule has 3 rings (SSSR count). The van der Waals surface area contributed by atoms with Gasteiger partial charge in [-0.25, -0.2) is 18.4 Å². The van der Waals surface area contributed by atoms with E-state index in [1.165, 1.54) is 0 Å². The molecule has 0 aliphatic carbocycles. The molecule has 1 aliphatic heterocycles. The van der Waals surface area contributed by atoms with Crippen LogP contribution in [-0.2, 0) is 9.84 Å². The van der Waals surface area contributed by atoms with Crippen LogP contribution in [0.2, 0.25) is 0 Å². The van der Waals surface area contributed by atoms with Crippen molar-refractivity contribution in [1.82, 2.24) is 9.97 Å². The Morgan fingerprint density at radius 3 is 2.71 bits per heavy atom. The maximum absolute atomic E-state index is 11.7. The number of anilines is 1. The summed E-state index contributed by atoms with van der Waals surface area (Å²) < 4.78 is 23.3. The fraction of sp³-hybridized carbons (Fsp3) is 0.333. The van der Waals surface area contributed by atoms with Crippen molar-refractivity contribution in [2.75, 3.05) is 16.8 Å². The Bertz CT molecular complexity index is 717. The predicted molar refractivity (Wildman–Crippen MR) is 82.8 cm³/mol. The number of nitrogens with zero attached hydrogens (tertiary/aromatic N) is 2. The molecule has 1 fully saturated rings. The molecule has 0 radical (unpaired) electrons. The third kappa shape index (κ3) is 3.58. The molecule has 1 atom stereocenters. The predicted octanol–water partition coefficient (Wildman–Crippen LogP) is 2.13. The minimum atomic E-state index is -2.92. The smallest absolute Gasteiger partial charge is 0.161 e. The van der Waals surface area contributed by atoms with Gasteiger partial charge in [-0.15, -0.1) is 0 Å². The number of nitrogens with one attached hydrogen (secondary N) is 1. The van der Waals surface area contributed by atoms with Crippen molar-refractivity contribution >= 4 is 15.7 Å². The van der Waals surface area contributed by atoms with Crippen LogP contribution in [0.25, 0.3) is 11.4 Å². The molecule has 21 heavy (non-hydrogen) atoms. The van der Waals surface area contributed by atoms with Crippen molar-refractivity contribution in [1.29, 1.82) is 0 Å². The number of rotatable bonds is 3. The van der Waals surface area contributed by atoms with Gasteiger partial charge < -0.3 is 5.32 Å². The summed E-state index contributed by atoms with van der Waals surface area (Å²) in [5.74, 6) is 1.78. The fourth-order valence-corrected chi connectivity index (χ4v) is 4.15. The Morgan fingerprint density at radius 2 is 1.95 bits per heavy atom. The van der Waals surface area contributed by atoms with E-state index >= 15 is 0 Å². The molecule has 0 spiro atoms.